The highest BCUT2D eigenvalue weighted by Gasteiger charge is 2.38. The van der Waals surface area contributed by atoms with E-state index in [2.05, 4.69) is 10.1 Å². The summed E-state index contributed by atoms with van der Waals surface area (Å²) in [5.41, 5.74) is 5.97. The van der Waals surface area contributed by atoms with Crippen LogP contribution in [0.5, 0.6) is 0 Å². The Morgan fingerprint density at radius 2 is 2.12 bits per heavy atom. The Hall–Kier alpha value is -1.44. The van der Waals surface area contributed by atoms with Crippen LogP contribution in [0.2, 0.25) is 0 Å². The van der Waals surface area contributed by atoms with Gasteiger partial charge in [-0.3, -0.25) is 4.79 Å². The lowest BCUT2D eigenvalue weighted by Gasteiger charge is -2.33. The third kappa shape index (κ3) is 3.45. The molecule has 1 aliphatic heterocycles. The summed E-state index contributed by atoms with van der Waals surface area (Å²) in [5, 5.41) is 6.08. The number of hydrogen-bond acceptors (Lipinski definition) is 6. The normalized spacial score (nSPS) is 22.6. The van der Waals surface area contributed by atoms with Gasteiger partial charge in [-0.25, -0.2) is 0 Å². The molecule has 1 aliphatic carbocycles. The van der Waals surface area contributed by atoms with Crippen LogP contribution in [0.25, 0.3) is 0 Å². The average Bonchev–Trinajstić information content (AvgIpc) is 3.35. The number of nitrogens with two attached hydrogens (primary N) is 1. The molecule has 1 amide bonds. The zero-order valence-corrected chi connectivity index (χ0v) is 15.7. The Labute approximate surface area is 157 Å². The maximum Gasteiger partial charge on any atom is 0.264 e. The molecule has 1 unspecified atom stereocenters. The lowest BCUT2D eigenvalue weighted by atomic mass is 9.98. The minimum absolute atomic E-state index is 0. The number of amides is 1. The summed E-state index contributed by atoms with van der Waals surface area (Å²) in [5.74, 6) is 1.19. The van der Waals surface area contributed by atoms with Crippen LogP contribution in [0.15, 0.2) is 22.0 Å². The van der Waals surface area contributed by atoms with Crippen LogP contribution in [0.4, 0.5) is 0 Å². The predicted octanol–water partition coefficient (Wildman–Crippen LogP) is 3.65. The number of piperidine rings is 1. The van der Waals surface area contributed by atoms with Crippen LogP contribution in [0.1, 0.15) is 72.4 Å². The van der Waals surface area contributed by atoms with Gasteiger partial charge in [0.05, 0.1) is 10.4 Å². The van der Waals surface area contributed by atoms with Crippen LogP contribution < -0.4 is 5.73 Å². The highest BCUT2D eigenvalue weighted by molar-refractivity contribution is 7.12. The van der Waals surface area contributed by atoms with E-state index >= 15 is 0 Å². The molecular weight excluding hydrogens is 360 g/mol. The lowest BCUT2D eigenvalue weighted by molar-refractivity contribution is 0.0566. The summed E-state index contributed by atoms with van der Waals surface area (Å²) in [6, 6.07) is 3.63. The predicted molar refractivity (Wildman–Crippen MR) is 97.8 cm³/mol. The van der Waals surface area contributed by atoms with Crippen molar-refractivity contribution < 1.29 is 9.32 Å². The Morgan fingerprint density at radius 3 is 2.84 bits per heavy atom. The van der Waals surface area contributed by atoms with E-state index in [0.717, 1.165) is 56.4 Å². The smallest absolute Gasteiger partial charge is 0.264 e. The molecule has 6 nitrogen and oxygen atoms in total. The number of carbonyl (C=O) groups is 1. The minimum Gasteiger partial charge on any atom is -0.337 e. The molecule has 1 saturated heterocycles. The van der Waals surface area contributed by atoms with Crippen molar-refractivity contribution in [2.24, 2.45) is 5.73 Å². The fourth-order valence-electron chi connectivity index (χ4n) is 3.78. The molecular formula is C17H23ClN4O2S. The van der Waals surface area contributed by atoms with Gasteiger partial charge in [0.2, 0.25) is 5.89 Å². The molecule has 0 radical (unpaired) electrons. The van der Waals surface area contributed by atoms with Crippen molar-refractivity contribution in [3.63, 3.8) is 0 Å². The fraction of sp³-hybridized carbons (Fsp3) is 0.588. The van der Waals surface area contributed by atoms with Crippen molar-refractivity contribution >= 4 is 29.7 Å². The summed E-state index contributed by atoms with van der Waals surface area (Å²) >= 11 is 1.47. The number of aromatic nitrogens is 2. The maximum absolute atomic E-state index is 12.8. The van der Waals surface area contributed by atoms with Gasteiger partial charge in [0.1, 0.15) is 6.04 Å². The summed E-state index contributed by atoms with van der Waals surface area (Å²) in [7, 11) is 0. The first-order valence-corrected chi connectivity index (χ1v) is 9.53. The molecule has 2 aromatic heterocycles. The highest BCUT2D eigenvalue weighted by atomic mass is 35.5. The van der Waals surface area contributed by atoms with E-state index in [9.17, 15) is 4.79 Å². The van der Waals surface area contributed by atoms with Crippen molar-refractivity contribution in [1.82, 2.24) is 15.0 Å². The van der Waals surface area contributed by atoms with Crippen LogP contribution in [0.3, 0.4) is 0 Å². The van der Waals surface area contributed by atoms with Crippen LogP contribution >= 0.6 is 23.7 Å². The number of halogens is 1. The molecule has 1 saturated carbocycles. The first-order chi connectivity index (χ1) is 11.7. The first-order valence-electron chi connectivity index (χ1n) is 8.65. The summed E-state index contributed by atoms with van der Waals surface area (Å²) in [6.45, 7) is 0.729. The molecule has 8 heteroatoms. The van der Waals surface area contributed by atoms with Gasteiger partial charge in [-0.15, -0.1) is 23.7 Å². The van der Waals surface area contributed by atoms with Gasteiger partial charge >= 0.3 is 0 Å². The quantitative estimate of drug-likeness (QED) is 0.875. The number of hydrogen-bond donors (Lipinski definition) is 1. The van der Waals surface area contributed by atoms with E-state index in [-0.39, 0.29) is 24.4 Å². The Balaban J connectivity index is 0.00000182. The number of rotatable bonds is 3. The second kappa shape index (κ2) is 7.43. The number of carbonyl (C=O) groups excluding carboxylic acids is 1. The van der Waals surface area contributed by atoms with Crippen molar-refractivity contribution in [3.8, 4) is 0 Å². The molecule has 2 aromatic rings. The topological polar surface area (TPSA) is 85.2 Å². The Kier molecular flexibility index (Phi) is 5.46. The monoisotopic (exact) mass is 382 g/mol. The second-order valence-corrected chi connectivity index (χ2v) is 7.75. The molecule has 2 aliphatic rings. The molecule has 0 spiro atoms. The van der Waals surface area contributed by atoms with Crippen molar-refractivity contribution in [2.75, 3.05) is 6.54 Å². The van der Waals surface area contributed by atoms with Gasteiger partial charge in [-0.2, -0.15) is 4.98 Å². The van der Waals surface area contributed by atoms with Gasteiger partial charge in [0.25, 0.3) is 5.91 Å². The Morgan fingerprint density at radius 1 is 1.32 bits per heavy atom. The highest BCUT2D eigenvalue weighted by Crippen LogP contribution is 2.37. The fourth-order valence-corrected chi connectivity index (χ4v) is 4.45. The van der Waals surface area contributed by atoms with E-state index < -0.39 is 5.54 Å². The zero-order valence-electron chi connectivity index (χ0n) is 14.0. The van der Waals surface area contributed by atoms with Gasteiger partial charge < -0.3 is 15.2 Å². The molecule has 25 heavy (non-hydrogen) atoms. The van der Waals surface area contributed by atoms with Crippen LogP contribution in [-0.2, 0) is 5.54 Å². The Bertz CT molecular complexity index is 712. The SMILES string of the molecule is Cl.NC1(c2noc(C3CCCCN3C(=O)c3cccs3)n2)CCCC1. The number of nitrogens with zero attached hydrogens (tertiary/aromatic N) is 3. The largest absolute Gasteiger partial charge is 0.337 e. The number of thiophene rings is 1. The molecule has 2 fully saturated rings. The molecule has 3 heterocycles. The minimum atomic E-state index is -0.459. The zero-order chi connectivity index (χ0) is 16.6. The maximum atomic E-state index is 12.8. The third-order valence-electron chi connectivity index (χ3n) is 5.16. The third-order valence-corrected chi connectivity index (χ3v) is 6.02. The van der Waals surface area contributed by atoms with Crippen LogP contribution in [0, 0.1) is 0 Å². The van der Waals surface area contributed by atoms with Gasteiger partial charge in [-0.1, -0.05) is 24.1 Å². The average molecular weight is 383 g/mol. The van der Waals surface area contributed by atoms with Crippen molar-refractivity contribution in [2.45, 2.75) is 56.5 Å². The van der Waals surface area contributed by atoms with Crippen LogP contribution in [-0.4, -0.2) is 27.5 Å². The molecule has 0 aromatic carbocycles. The summed E-state index contributed by atoms with van der Waals surface area (Å²) in [6.07, 6.45) is 6.93. The molecule has 4 rings (SSSR count). The number of likely N-dealkylation sites (tertiary alicyclic amines) is 1. The summed E-state index contributed by atoms with van der Waals surface area (Å²) < 4.78 is 5.55. The van der Waals surface area contributed by atoms with E-state index in [1.165, 1.54) is 11.3 Å². The van der Waals surface area contributed by atoms with Crippen molar-refractivity contribution in [1.29, 1.82) is 0 Å². The lowest BCUT2D eigenvalue weighted by Crippen LogP contribution is -2.38. The standard InChI is InChI=1S/C17H22N4O2S.ClH/c18-17(8-2-3-9-17)16-19-14(23-20-16)12-6-1-4-10-21(12)15(22)13-7-5-11-24-13;/h5,7,11-12H,1-4,6,8-10,18H2;1H. The second-order valence-electron chi connectivity index (χ2n) is 6.81. The first kappa shape index (κ1) is 18.4. The molecule has 136 valence electrons. The van der Waals surface area contributed by atoms with Gasteiger partial charge in [0, 0.05) is 6.54 Å². The molecule has 1 atom stereocenters. The van der Waals surface area contributed by atoms with Crippen molar-refractivity contribution in [3.05, 3.63) is 34.1 Å². The molecule has 0 bridgehead atoms. The van der Waals surface area contributed by atoms with Gasteiger partial charge in [0.15, 0.2) is 5.82 Å². The van der Waals surface area contributed by atoms with E-state index in [0.29, 0.717) is 11.7 Å². The van der Waals surface area contributed by atoms with E-state index in [1.54, 1.807) is 0 Å². The van der Waals surface area contributed by atoms with Gasteiger partial charge in [-0.05, 0) is 43.6 Å². The summed E-state index contributed by atoms with van der Waals surface area (Å²) in [4.78, 5) is 20.0. The van der Waals surface area contributed by atoms with E-state index in [1.807, 2.05) is 22.4 Å². The molecule has 2 N–H and O–H groups in total. The van der Waals surface area contributed by atoms with E-state index in [4.69, 9.17) is 10.3 Å².